The van der Waals surface area contributed by atoms with Gasteiger partial charge in [-0.2, -0.15) is 5.26 Å². The van der Waals surface area contributed by atoms with Crippen LogP contribution in [-0.2, 0) is 11.8 Å². The molecule has 3 nitrogen and oxygen atoms in total. The zero-order chi connectivity index (χ0) is 15.6. The second kappa shape index (κ2) is 5.65. The molecule has 110 valence electrons. The Hall–Kier alpha value is -2.60. The molecule has 1 unspecified atom stereocenters. The number of hydrogen-bond acceptors (Lipinski definition) is 2. The minimum atomic E-state index is -0.124. The number of rotatable bonds is 3. The van der Waals surface area contributed by atoms with Crippen LogP contribution in [0.1, 0.15) is 37.0 Å². The zero-order valence-electron chi connectivity index (χ0n) is 13.0. The fraction of sp³-hybridized carbons (Fsp3) is 0.263. The van der Waals surface area contributed by atoms with E-state index in [1.165, 1.54) is 5.56 Å². The Morgan fingerprint density at radius 2 is 2.18 bits per heavy atom. The summed E-state index contributed by atoms with van der Waals surface area (Å²) in [5.41, 5.74) is 3.86. The molecule has 0 aliphatic heterocycles. The summed E-state index contributed by atoms with van der Waals surface area (Å²) >= 11 is 0. The largest absolute Gasteiger partial charge is 0.321 e. The highest BCUT2D eigenvalue weighted by molar-refractivity contribution is 5.48. The van der Waals surface area contributed by atoms with E-state index in [0.29, 0.717) is 0 Å². The number of nitriles is 1. The molecule has 0 bridgehead atoms. The van der Waals surface area contributed by atoms with Crippen LogP contribution in [0.15, 0.2) is 55.2 Å². The normalized spacial score (nSPS) is 20.0. The second-order valence-corrected chi connectivity index (χ2v) is 5.92. The van der Waals surface area contributed by atoms with E-state index in [1.807, 2.05) is 23.2 Å². The van der Waals surface area contributed by atoms with Gasteiger partial charge in [0.05, 0.1) is 17.4 Å². The molecule has 1 aliphatic rings. The van der Waals surface area contributed by atoms with E-state index in [4.69, 9.17) is 0 Å². The summed E-state index contributed by atoms with van der Waals surface area (Å²) in [6.07, 6.45) is 18.0. The Morgan fingerprint density at radius 3 is 2.86 bits per heavy atom. The summed E-state index contributed by atoms with van der Waals surface area (Å²) in [6.45, 7) is 4.29. The van der Waals surface area contributed by atoms with Gasteiger partial charge in [-0.1, -0.05) is 38.2 Å². The standard InChI is InChI=1S/C19H19N3/c1-3-15-9-17(12-21-11-15)22-13-16(10-20)18(14-22)19(2)7-5-4-6-8-19/h4-7,9,11-14H,3,8H2,1-2H3. The van der Waals surface area contributed by atoms with Crippen molar-refractivity contribution in [2.24, 2.45) is 0 Å². The van der Waals surface area contributed by atoms with E-state index in [2.05, 4.69) is 61.5 Å². The quantitative estimate of drug-likeness (QED) is 0.854. The fourth-order valence-electron chi connectivity index (χ4n) is 2.88. The molecule has 3 rings (SSSR count). The number of aryl methyl sites for hydroxylation is 1. The Balaban J connectivity index is 2.07. The number of nitrogens with zero attached hydrogens (tertiary/aromatic N) is 3. The van der Waals surface area contributed by atoms with Gasteiger partial charge >= 0.3 is 0 Å². The van der Waals surface area contributed by atoms with E-state index < -0.39 is 0 Å². The number of aromatic nitrogens is 2. The Bertz CT molecular complexity index is 789. The van der Waals surface area contributed by atoms with Crippen molar-refractivity contribution in [3.63, 3.8) is 0 Å². The molecule has 1 aliphatic carbocycles. The highest BCUT2D eigenvalue weighted by atomic mass is 15.0. The zero-order valence-corrected chi connectivity index (χ0v) is 13.0. The Morgan fingerprint density at radius 1 is 1.32 bits per heavy atom. The van der Waals surface area contributed by atoms with Crippen LogP contribution in [0.4, 0.5) is 0 Å². The first-order valence-electron chi connectivity index (χ1n) is 7.57. The Labute approximate surface area is 131 Å². The maximum atomic E-state index is 9.50. The lowest BCUT2D eigenvalue weighted by Gasteiger charge is -2.26. The summed E-state index contributed by atoms with van der Waals surface area (Å²) in [7, 11) is 0. The number of pyridine rings is 1. The molecule has 22 heavy (non-hydrogen) atoms. The molecule has 0 fully saturated rings. The summed E-state index contributed by atoms with van der Waals surface area (Å²) in [6, 6.07) is 4.46. The molecular weight excluding hydrogens is 270 g/mol. The van der Waals surface area contributed by atoms with Gasteiger partial charge in [-0.25, -0.2) is 0 Å². The molecule has 0 saturated carbocycles. The van der Waals surface area contributed by atoms with Crippen molar-refractivity contribution in [2.75, 3.05) is 0 Å². The van der Waals surface area contributed by atoms with Gasteiger partial charge < -0.3 is 4.57 Å². The van der Waals surface area contributed by atoms with Gasteiger partial charge in [-0.3, -0.25) is 4.98 Å². The van der Waals surface area contributed by atoms with Crippen LogP contribution in [0, 0.1) is 11.3 Å². The number of hydrogen-bond donors (Lipinski definition) is 0. The van der Waals surface area contributed by atoms with Gasteiger partial charge in [0.15, 0.2) is 0 Å². The average molecular weight is 289 g/mol. The highest BCUT2D eigenvalue weighted by Crippen LogP contribution is 2.35. The van der Waals surface area contributed by atoms with E-state index in [-0.39, 0.29) is 5.41 Å². The summed E-state index contributed by atoms with van der Waals surface area (Å²) in [4.78, 5) is 4.30. The van der Waals surface area contributed by atoms with Crippen molar-refractivity contribution < 1.29 is 0 Å². The van der Waals surface area contributed by atoms with Gasteiger partial charge in [0.1, 0.15) is 6.07 Å². The molecule has 0 spiro atoms. The molecule has 2 aromatic rings. The third kappa shape index (κ3) is 2.48. The fourth-order valence-corrected chi connectivity index (χ4v) is 2.88. The van der Waals surface area contributed by atoms with Gasteiger partial charge in [0.2, 0.25) is 0 Å². The lowest BCUT2D eigenvalue weighted by Crippen LogP contribution is -2.19. The molecule has 2 aromatic heterocycles. The lowest BCUT2D eigenvalue weighted by atomic mass is 9.77. The third-order valence-electron chi connectivity index (χ3n) is 4.30. The SMILES string of the molecule is CCc1cncc(-n2cc(C#N)c(C3(C)C=CC=CC3)c2)c1. The van der Waals surface area contributed by atoms with Crippen LogP contribution in [0.3, 0.4) is 0 Å². The van der Waals surface area contributed by atoms with Crippen LogP contribution in [0.2, 0.25) is 0 Å². The molecule has 0 aromatic carbocycles. The average Bonchev–Trinajstić information content (AvgIpc) is 3.01. The number of allylic oxidation sites excluding steroid dienone is 4. The molecule has 0 radical (unpaired) electrons. The van der Waals surface area contributed by atoms with Crippen LogP contribution >= 0.6 is 0 Å². The van der Waals surface area contributed by atoms with Crippen LogP contribution in [-0.4, -0.2) is 9.55 Å². The van der Waals surface area contributed by atoms with E-state index >= 15 is 0 Å². The van der Waals surface area contributed by atoms with Crippen molar-refractivity contribution in [1.82, 2.24) is 9.55 Å². The van der Waals surface area contributed by atoms with Gasteiger partial charge in [0, 0.05) is 24.0 Å². The van der Waals surface area contributed by atoms with Crippen LogP contribution in [0.25, 0.3) is 5.69 Å². The van der Waals surface area contributed by atoms with Gasteiger partial charge in [-0.15, -0.1) is 0 Å². The van der Waals surface area contributed by atoms with Gasteiger partial charge in [-0.05, 0) is 30.0 Å². The molecule has 0 saturated heterocycles. The van der Waals surface area contributed by atoms with Crippen molar-refractivity contribution >= 4 is 0 Å². The second-order valence-electron chi connectivity index (χ2n) is 5.92. The first-order valence-corrected chi connectivity index (χ1v) is 7.57. The lowest BCUT2D eigenvalue weighted by molar-refractivity contribution is 0.598. The maximum Gasteiger partial charge on any atom is 0.101 e. The molecule has 3 heteroatoms. The van der Waals surface area contributed by atoms with Crippen molar-refractivity contribution in [2.45, 2.75) is 32.1 Å². The summed E-state index contributed by atoms with van der Waals surface area (Å²) in [5.74, 6) is 0. The van der Waals surface area contributed by atoms with Crippen molar-refractivity contribution in [3.05, 3.63) is 71.8 Å². The predicted octanol–water partition coefficient (Wildman–Crippen LogP) is 4.08. The molecular formula is C19H19N3. The Kier molecular flexibility index (Phi) is 3.68. The summed E-state index contributed by atoms with van der Waals surface area (Å²) in [5, 5.41) is 9.50. The van der Waals surface area contributed by atoms with Crippen LogP contribution < -0.4 is 0 Å². The smallest absolute Gasteiger partial charge is 0.101 e. The van der Waals surface area contributed by atoms with Crippen molar-refractivity contribution in [1.29, 1.82) is 5.26 Å². The van der Waals surface area contributed by atoms with E-state index in [0.717, 1.165) is 29.7 Å². The predicted molar refractivity (Wildman–Crippen MR) is 87.9 cm³/mol. The molecule has 0 amide bonds. The van der Waals surface area contributed by atoms with Crippen LogP contribution in [0.5, 0.6) is 0 Å². The highest BCUT2D eigenvalue weighted by Gasteiger charge is 2.28. The van der Waals surface area contributed by atoms with E-state index in [9.17, 15) is 5.26 Å². The monoisotopic (exact) mass is 289 g/mol. The van der Waals surface area contributed by atoms with E-state index in [1.54, 1.807) is 0 Å². The molecule has 1 atom stereocenters. The summed E-state index contributed by atoms with van der Waals surface area (Å²) < 4.78 is 2.01. The third-order valence-corrected chi connectivity index (χ3v) is 4.30. The van der Waals surface area contributed by atoms with Crippen molar-refractivity contribution in [3.8, 4) is 11.8 Å². The van der Waals surface area contributed by atoms with Gasteiger partial charge in [0.25, 0.3) is 0 Å². The first-order chi connectivity index (χ1) is 10.7. The molecule has 2 heterocycles. The maximum absolute atomic E-state index is 9.50. The first kappa shape index (κ1) is 14.3. The minimum Gasteiger partial charge on any atom is -0.321 e. The topological polar surface area (TPSA) is 41.6 Å². The molecule has 0 N–H and O–H groups in total. The minimum absolute atomic E-state index is 0.124.